The Morgan fingerprint density at radius 1 is 1.03 bits per heavy atom. The van der Waals surface area contributed by atoms with E-state index in [2.05, 4.69) is 10.0 Å². The van der Waals surface area contributed by atoms with Crippen molar-refractivity contribution in [2.24, 2.45) is 5.92 Å². The number of benzene rings is 2. The van der Waals surface area contributed by atoms with Gasteiger partial charge in [-0.05, 0) is 49.2 Å². The van der Waals surface area contributed by atoms with E-state index in [1.54, 1.807) is 38.1 Å². The smallest absolute Gasteiger partial charge is 0.324 e. The fourth-order valence-corrected chi connectivity index (χ4v) is 4.46. The summed E-state index contributed by atoms with van der Waals surface area (Å²) in [6.45, 7) is 5.84. The molecule has 0 saturated carbocycles. The first kappa shape index (κ1) is 25.3. The maximum Gasteiger partial charge on any atom is 0.324 e. The Bertz CT molecular complexity index is 1120. The van der Waals surface area contributed by atoms with Crippen LogP contribution in [-0.2, 0) is 24.3 Å². The summed E-state index contributed by atoms with van der Waals surface area (Å²) in [6, 6.07) is 9.71. The van der Waals surface area contributed by atoms with E-state index in [9.17, 15) is 18.0 Å². The highest BCUT2D eigenvalue weighted by Crippen LogP contribution is 2.32. The summed E-state index contributed by atoms with van der Waals surface area (Å²) in [5.74, 6) is -0.439. The van der Waals surface area contributed by atoms with Crippen molar-refractivity contribution in [2.45, 2.75) is 31.7 Å². The van der Waals surface area contributed by atoms with Crippen LogP contribution in [-0.4, -0.2) is 52.8 Å². The van der Waals surface area contributed by atoms with Crippen LogP contribution in [0.1, 0.15) is 20.8 Å². The number of rotatable bonds is 10. The molecule has 1 heterocycles. The lowest BCUT2D eigenvalue weighted by Crippen LogP contribution is -2.45. The highest BCUT2D eigenvalue weighted by atomic mass is 32.2. The average Bonchev–Trinajstić information content (AvgIpc) is 2.82. The Labute approximate surface area is 198 Å². The van der Waals surface area contributed by atoms with Crippen molar-refractivity contribution in [3.05, 3.63) is 42.5 Å². The van der Waals surface area contributed by atoms with E-state index in [1.165, 1.54) is 18.2 Å². The van der Waals surface area contributed by atoms with Gasteiger partial charge in [-0.2, -0.15) is 4.72 Å². The Morgan fingerprint density at radius 2 is 1.71 bits per heavy atom. The molecule has 34 heavy (non-hydrogen) atoms. The molecule has 2 aromatic rings. The van der Waals surface area contributed by atoms with Gasteiger partial charge < -0.3 is 24.3 Å². The van der Waals surface area contributed by atoms with E-state index >= 15 is 0 Å². The zero-order valence-corrected chi connectivity index (χ0v) is 20.0. The first-order valence-electron chi connectivity index (χ1n) is 10.8. The number of fused-ring (bicyclic) bond motifs is 1. The summed E-state index contributed by atoms with van der Waals surface area (Å²) in [5, 5.41) is 2.60. The minimum atomic E-state index is -4.08. The zero-order chi connectivity index (χ0) is 24.7. The number of sulfonamides is 1. The lowest BCUT2D eigenvalue weighted by molar-refractivity contribution is -0.150. The molecule has 0 bridgehead atoms. The molecule has 2 aromatic carbocycles. The van der Waals surface area contributed by atoms with Crippen molar-refractivity contribution in [3.63, 3.8) is 0 Å². The van der Waals surface area contributed by atoms with Crippen LogP contribution in [0.4, 0.5) is 5.69 Å². The second-order valence-corrected chi connectivity index (χ2v) is 9.48. The molecular weight excluding hydrogens is 464 g/mol. The molecule has 2 N–H and O–H groups in total. The summed E-state index contributed by atoms with van der Waals surface area (Å²) in [4.78, 5) is 24.7. The lowest BCUT2D eigenvalue weighted by atomic mass is 10.1. The molecule has 0 saturated heterocycles. The second-order valence-electron chi connectivity index (χ2n) is 7.76. The molecule has 0 radical (unpaired) electrons. The third kappa shape index (κ3) is 6.61. The molecule has 0 aromatic heterocycles. The number of hydrogen-bond donors (Lipinski definition) is 2. The monoisotopic (exact) mass is 492 g/mol. The molecule has 3 rings (SSSR count). The van der Waals surface area contributed by atoms with Crippen LogP contribution >= 0.6 is 0 Å². The van der Waals surface area contributed by atoms with Crippen LogP contribution in [0.2, 0.25) is 0 Å². The van der Waals surface area contributed by atoms with Crippen molar-refractivity contribution in [1.29, 1.82) is 0 Å². The molecule has 10 nitrogen and oxygen atoms in total. The van der Waals surface area contributed by atoms with E-state index in [0.29, 0.717) is 42.8 Å². The quantitative estimate of drug-likeness (QED) is 0.484. The van der Waals surface area contributed by atoms with Crippen molar-refractivity contribution in [1.82, 2.24) is 4.72 Å². The lowest BCUT2D eigenvalue weighted by Gasteiger charge is -2.22. The summed E-state index contributed by atoms with van der Waals surface area (Å²) >= 11 is 0. The Balaban J connectivity index is 1.59. The largest absolute Gasteiger partial charge is 0.494 e. The molecule has 1 atom stereocenters. The van der Waals surface area contributed by atoms with Crippen molar-refractivity contribution >= 4 is 27.6 Å². The first-order chi connectivity index (χ1) is 16.2. The maximum atomic E-state index is 12.9. The first-order valence-corrected chi connectivity index (χ1v) is 12.3. The predicted octanol–water partition coefficient (Wildman–Crippen LogP) is 2.34. The molecule has 1 amide bonds. The molecule has 1 aliphatic rings. The number of amides is 1. The van der Waals surface area contributed by atoms with E-state index in [4.69, 9.17) is 18.9 Å². The maximum absolute atomic E-state index is 12.9. The van der Waals surface area contributed by atoms with Gasteiger partial charge in [0.05, 0.1) is 11.5 Å². The molecule has 11 heteroatoms. The molecule has 0 fully saturated rings. The minimum absolute atomic E-state index is 0.0801. The Kier molecular flexibility index (Phi) is 8.35. The molecule has 0 aliphatic carbocycles. The number of carbonyl (C=O) groups excluding carboxylic acids is 2. The SMILES string of the molecule is CCOc1ccc(NC(=O)COC(=O)C(NS(=O)(=O)c2ccc3c(c2)OCCO3)C(C)C)cc1. The van der Waals surface area contributed by atoms with Crippen LogP contribution in [0.5, 0.6) is 17.2 Å². The second kappa shape index (κ2) is 11.2. The normalized spacial score (nSPS) is 13.8. The van der Waals surface area contributed by atoms with Gasteiger partial charge in [-0.25, -0.2) is 8.42 Å². The van der Waals surface area contributed by atoms with Crippen molar-refractivity contribution < 1.29 is 37.0 Å². The van der Waals surface area contributed by atoms with Gasteiger partial charge in [0.15, 0.2) is 18.1 Å². The number of ether oxygens (including phenoxy) is 4. The molecular formula is C23H28N2O8S. The third-order valence-corrected chi connectivity index (χ3v) is 6.26. The van der Waals surface area contributed by atoms with Crippen LogP contribution < -0.4 is 24.2 Å². The highest BCUT2D eigenvalue weighted by molar-refractivity contribution is 7.89. The van der Waals surface area contributed by atoms with E-state index in [-0.39, 0.29) is 4.90 Å². The fraction of sp³-hybridized carbons (Fsp3) is 0.391. The van der Waals surface area contributed by atoms with Gasteiger partial charge in [-0.15, -0.1) is 0 Å². The highest BCUT2D eigenvalue weighted by Gasteiger charge is 2.31. The summed E-state index contributed by atoms with van der Waals surface area (Å²) in [5.41, 5.74) is 0.504. The zero-order valence-electron chi connectivity index (χ0n) is 19.2. The Morgan fingerprint density at radius 3 is 2.35 bits per heavy atom. The average molecular weight is 493 g/mol. The molecule has 1 unspecified atom stereocenters. The third-order valence-electron chi connectivity index (χ3n) is 4.82. The number of anilines is 1. The van der Waals surface area contributed by atoms with Crippen molar-refractivity contribution in [2.75, 3.05) is 31.7 Å². The van der Waals surface area contributed by atoms with Gasteiger partial charge in [-0.1, -0.05) is 13.8 Å². The topological polar surface area (TPSA) is 129 Å². The van der Waals surface area contributed by atoms with E-state index in [0.717, 1.165) is 0 Å². The van der Waals surface area contributed by atoms with Gasteiger partial charge in [0.2, 0.25) is 10.0 Å². The van der Waals surface area contributed by atoms with Crippen LogP contribution in [0.15, 0.2) is 47.4 Å². The van der Waals surface area contributed by atoms with Gasteiger partial charge in [0.25, 0.3) is 5.91 Å². The molecule has 1 aliphatic heterocycles. The van der Waals surface area contributed by atoms with Crippen LogP contribution in [0.3, 0.4) is 0 Å². The fourth-order valence-electron chi connectivity index (χ4n) is 3.11. The van der Waals surface area contributed by atoms with E-state index in [1.807, 2.05) is 6.92 Å². The van der Waals surface area contributed by atoms with Gasteiger partial charge in [-0.3, -0.25) is 9.59 Å². The minimum Gasteiger partial charge on any atom is -0.494 e. The number of carbonyl (C=O) groups is 2. The summed E-state index contributed by atoms with van der Waals surface area (Å²) < 4.78 is 49.4. The van der Waals surface area contributed by atoms with Crippen LogP contribution in [0, 0.1) is 5.92 Å². The summed E-state index contributed by atoms with van der Waals surface area (Å²) in [6.07, 6.45) is 0. The number of hydrogen-bond acceptors (Lipinski definition) is 8. The predicted molar refractivity (Wildman–Crippen MR) is 124 cm³/mol. The summed E-state index contributed by atoms with van der Waals surface area (Å²) in [7, 11) is -4.08. The molecule has 184 valence electrons. The molecule has 0 spiro atoms. The van der Waals surface area contributed by atoms with Gasteiger partial charge in [0, 0.05) is 11.8 Å². The van der Waals surface area contributed by atoms with Gasteiger partial charge >= 0.3 is 5.97 Å². The number of nitrogens with one attached hydrogen (secondary N) is 2. The standard InChI is InChI=1S/C23H28N2O8S/c1-4-30-17-7-5-16(6-8-17)24-21(26)14-33-23(27)22(15(2)3)25-34(28,29)18-9-10-19-20(13-18)32-12-11-31-19/h5-10,13,15,22,25H,4,11-12,14H2,1-3H3,(H,24,26). The van der Waals surface area contributed by atoms with E-state index < -0.39 is 40.5 Å². The van der Waals surface area contributed by atoms with Crippen LogP contribution in [0.25, 0.3) is 0 Å². The van der Waals surface area contributed by atoms with Crippen molar-refractivity contribution in [3.8, 4) is 17.2 Å². The van der Waals surface area contributed by atoms with Gasteiger partial charge in [0.1, 0.15) is 25.0 Å². The Hall–Kier alpha value is -3.31. The number of esters is 1.